The molecular weight excluding hydrogens is 674 g/mol. The molecule has 6 rings (SSSR count). The zero-order valence-electron chi connectivity index (χ0n) is 27.3. The summed E-state index contributed by atoms with van der Waals surface area (Å²) in [4.78, 5) is 55.6. The van der Waals surface area contributed by atoms with Gasteiger partial charge >= 0.3 is 0 Å². The van der Waals surface area contributed by atoms with Gasteiger partial charge in [0.15, 0.2) is 0 Å². The number of ether oxygens (including phenoxy) is 2. The van der Waals surface area contributed by atoms with Gasteiger partial charge in [0.25, 0.3) is 5.91 Å². The zero-order chi connectivity index (χ0) is 35.1. The van der Waals surface area contributed by atoms with E-state index < -0.39 is 62.6 Å². The molecule has 2 saturated carbocycles. The van der Waals surface area contributed by atoms with Gasteiger partial charge in [0.2, 0.25) is 27.7 Å². The highest BCUT2D eigenvalue weighted by molar-refractivity contribution is 7.91. The second-order valence-electron chi connectivity index (χ2n) is 13.0. The second kappa shape index (κ2) is 13.5. The number of halogens is 1. The van der Waals surface area contributed by atoms with E-state index in [-0.39, 0.29) is 31.2 Å². The van der Waals surface area contributed by atoms with E-state index in [1.807, 2.05) is 13.8 Å². The third-order valence-electron chi connectivity index (χ3n) is 9.29. The topological polar surface area (TPSA) is 182 Å². The number of likely N-dealkylation sites (tertiary alicyclic amines) is 1. The molecule has 260 valence electrons. The molecule has 3 aliphatic rings. The number of imide groups is 1. The number of sulfonamides is 1. The van der Waals surface area contributed by atoms with Crippen LogP contribution in [0.2, 0.25) is 5.02 Å². The number of amides is 3. The van der Waals surface area contributed by atoms with Crippen LogP contribution in [0.3, 0.4) is 0 Å². The van der Waals surface area contributed by atoms with E-state index in [1.54, 1.807) is 29.2 Å². The van der Waals surface area contributed by atoms with Gasteiger partial charge in [0, 0.05) is 34.7 Å². The maximum atomic E-state index is 14.1. The number of benzene rings is 1. The van der Waals surface area contributed by atoms with Gasteiger partial charge in [-0.25, -0.2) is 23.4 Å². The van der Waals surface area contributed by atoms with E-state index in [0.29, 0.717) is 40.1 Å². The molecule has 3 fully saturated rings. The number of carbonyl (C=O) groups is 3. The predicted molar refractivity (Wildman–Crippen MR) is 181 cm³/mol. The fourth-order valence-electron chi connectivity index (χ4n) is 6.48. The van der Waals surface area contributed by atoms with Gasteiger partial charge < -0.3 is 14.8 Å². The Bertz CT molecular complexity index is 1890. The quantitative estimate of drug-likeness (QED) is 0.221. The molecule has 0 spiro atoms. The zero-order valence-corrected chi connectivity index (χ0v) is 28.8. The molecule has 14 nitrogen and oxygen atoms in total. The lowest BCUT2D eigenvalue weighted by Crippen LogP contribution is -2.58. The summed E-state index contributed by atoms with van der Waals surface area (Å²) < 4.78 is 39.9. The van der Waals surface area contributed by atoms with Gasteiger partial charge in [-0.05, 0) is 43.4 Å². The Balaban J connectivity index is 1.30. The summed E-state index contributed by atoms with van der Waals surface area (Å²) in [7, 11) is -2.37. The van der Waals surface area contributed by atoms with Crippen molar-refractivity contribution in [3.8, 4) is 11.6 Å². The third kappa shape index (κ3) is 6.92. The summed E-state index contributed by atoms with van der Waals surface area (Å²) >= 11 is 6.32. The van der Waals surface area contributed by atoms with Crippen molar-refractivity contribution in [1.82, 2.24) is 29.9 Å². The van der Waals surface area contributed by atoms with E-state index in [4.69, 9.17) is 21.1 Å². The van der Waals surface area contributed by atoms with E-state index >= 15 is 0 Å². The second-order valence-corrected chi connectivity index (χ2v) is 15.4. The fourth-order valence-corrected chi connectivity index (χ4v) is 8.01. The van der Waals surface area contributed by atoms with Crippen molar-refractivity contribution in [3.63, 3.8) is 0 Å². The summed E-state index contributed by atoms with van der Waals surface area (Å²) in [6, 6.07) is 3.33. The standard InChI is InChI=1S/C33H38ClN7O7S/c1-5-19-12-33(19,32(44)40-49(45,46)23-7-8-23)41-16-22(48-31-25-10-20(34)6-9-24(25)27(47-4)15-37-31)11-26(41)29(42)39-30(43)28(18(2)3)38-21-13-35-17-36-14-21/h5-6,9-10,13-15,17-19,22-23,26,28,38H,1,7-8,11-12,16H2,2-4H3,(H,40,44)(H,39,42,43)/t19-,22-,26+,28+,33-/m1/s1. The molecule has 1 saturated heterocycles. The molecule has 2 aromatic heterocycles. The minimum absolute atomic E-state index is 0.0521. The van der Waals surface area contributed by atoms with E-state index in [9.17, 15) is 22.8 Å². The average Bonchev–Trinajstić information content (AvgIpc) is 4.00. The molecule has 0 bridgehead atoms. The van der Waals surface area contributed by atoms with Crippen LogP contribution in [0.4, 0.5) is 5.69 Å². The van der Waals surface area contributed by atoms with Crippen LogP contribution in [0, 0.1) is 11.8 Å². The monoisotopic (exact) mass is 711 g/mol. The first-order valence-corrected chi connectivity index (χ1v) is 17.9. The molecule has 3 amide bonds. The number of anilines is 1. The van der Waals surface area contributed by atoms with Gasteiger partial charge in [0.1, 0.15) is 29.8 Å². The SMILES string of the molecule is C=C[C@@H]1C[C@@]1(C(=O)NS(=O)(=O)C1CC1)N1C[C@H](Oc2ncc(OC)c3ccc(Cl)cc23)C[C@H]1C(=O)NC(=O)[C@@H](Nc1cncnc1)C(C)C. The van der Waals surface area contributed by atoms with Crippen LogP contribution >= 0.6 is 11.6 Å². The molecule has 1 aliphatic heterocycles. The van der Waals surface area contributed by atoms with Crippen molar-refractivity contribution in [1.29, 1.82) is 0 Å². The van der Waals surface area contributed by atoms with Crippen molar-refractivity contribution in [3.05, 3.63) is 60.8 Å². The summed E-state index contributed by atoms with van der Waals surface area (Å²) in [6.45, 7) is 7.57. The summed E-state index contributed by atoms with van der Waals surface area (Å²) in [5, 5.41) is 6.72. The van der Waals surface area contributed by atoms with Gasteiger partial charge in [-0.2, -0.15) is 0 Å². The molecular formula is C33H38ClN7O7S. The third-order valence-corrected chi connectivity index (χ3v) is 11.3. The van der Waals surface area contributed by atoms with Crippen LogP contribution in [-0.4, -0.2) is 88.6 Å². The number of aromatic nitrogens is 3. The van der Waals surface area contributed by atoms with Crippen molar-refractivity contribution >= 4 is 55.8 Å². The highest BCUT2D eigenvalue weighted by Gasteiger charge is 2.67. The number of rotatable bonds is 13. The minimum Gasteiger partial charge on any atom is -0.494 e. The van der Waals surface area contributed by atoms with E-state index in [0.717, 1.165) is 0 Å². The Morgan fingerprint density at radius 3 is 2.51 bits per heavy atom. The summed E-state index contributed by atoms with van der Waals surface area (Å²) in [5.74, 6) is -1.92. The van der Waals surface area contributed by atoms with Gasteiger partial charge in [0.05, 0.1) is 42.7 Å². The number of nitrogens with one attached hydrogen (secondary N) is 3. The Hall–Kier alpha value is -4.34. The number of carbonyl (C=O) groups excluding carboxylic acids is 3. The molecule has 0 unspecified atom stereocenters. The van der Waals surface area contributed by atoms with Crippen molar-refractivity contribution in [2.45, 2.75) is 68.5 Å². The van der Waals surface area contributed by atoms with Crippen LogP contribution < -0.4 is 24.8 Å². The lowest BCUT2D eigenvalue weighted by Gasteiger charge is -2.32. The molecule has 3 aromatic rings. The average molecular weight is 712 g/mol. The maximum absolute atomic E-state index is 14.1. The number of hydrogen-bond acceptors (Lipinski definition) is 12. The maximum Gasteiger partial charge on any atom is 0.254 e. The Labute approximate surface area is 289 Å². The smallest absolute Gasteiger partial charge is 0.254 e. The first-order valence-electron chi connectivity index (χ1n) is 16.0. The largest absolute Gasteiger partial charge is 0.494 e. The van der Waals surface area contributed by atoms with Crippen LogP contribution in [0.25, 0.3) is 10.8 Å². The molecule has 16 heteroatoms. The number of nitrogens with zero attached hydrogens (tertiary/aromatic N) is 4. The number of hydrogen-bond donors (Lipinski definition) is 3. The van der Waals surface area contributed by atoms with E-state index in [1.165, 1.54) is 32.0 Å². The molecule has 3 heterocycles. The van der Waals surface area contributed by atoms with Crippen molar-refractivity contribution in [2.24, 2.45) is 11.8 Å². The van der Waals surface area contributed by atoms with Crippen LogP contribution in [0.5, 0.6) is 11.6 Å². The lowest BCUT2D eigenvalue weighted by atomic mass is 10.0. The molecule has 49 heavy (non-hydrogen) atoms. The Morgan fingerprint density at radius 2 is 1.88 bits per heavy atom. The number of methoxy groups -OCH3 is 1. The van der Waals surface area contributed by atoms with E-state index in [2.05, 4.69) is 36.9 Å². The van der Waals surface area contributed by atoms with Crippen LogP contribution in [-0.2, 0) is 24.4 Å². The van der Waals surface area contributed by atoms with Crippen LogP contribution in [0.1, 0.15) is 39.5 Å². The number of fused-ring (bicyclic) bond motifs is 1. The van der Waals surface area contributed by atoms with Crippen molar-refractivity contribution in [2.75, 3.05) is 19.0 Å². The fraction of sp³-hybridized carbons (Fsp3) is 0.455. The highest BCUT2D eigenvalue weighted by atomic mass is 35.5. The minimum atomic E-state index is -3.89. The predicted octanol–water partition coefficient (Wildman–Crippen LogP) is 2.84. The number of pyridine rings is 1. The van der Waals surface area contributed by atoms with Crippen molar-refractivity contribution < 1.29 is 32.3 Å². The molecule has 0 radical (unpaired) electrons. The Morgan fingerprint density at radius 1 is 1.14 bits per heavy atom. The highest BCUT2D eigenvalue weighted by Crippen LogP contribution is 2.53. The first kappa shape index (κ1) is 34.5. The normalized spacial score (nSPS) is 24.2. The molecule has 2 aliphatic carbocycles. The van der Waals surface area contributed by atoms with Crippen LogP contribution in [0.15, 0.2) is 55.8 Å². The van der Waals surface area contributed by atoms with Gasteiger partial charge in [-0.15, -0.1) is 6.58 Å². The lowest BCUT2D eigenvalue weighted by molar-refractivity contribution is -0.136. The first-order chi connectivity index (χ1) is 23.4. The molecule has 3 N–H and O–H groups in total. The summed E-state index contributed by atoms with van der Waals surface area (Å²) in [5.41, 5.74) is -0.902. The Kier molecular flexibility index (Phi) is 9.52. The van der Waals surface area contributed by atoms with Gasteiger partial charge in [-0.3, -0.25) is 29.3 Å². The molecule has 1 aromatic carbocycles. The van der Waals surface area contributed by atoms with Gasteiger partial charge in [-0.1, -0.05) is 31.5 Å². The summed E-state index contributed by atoms with van der Waals surface area (Å²) in [6.07, 6.45) is 8.05. The molecule has 5 atom stereocenters.